The fourth-order valence-corrected chi connectivity index (χ4v) is 7.11. The maximum absolute atomic E-state index is 2.40. The van der Waals surface area contributed by atoms with Crippen LogP contribution in [0.3, 0.4) is 0 Å². The predicted octanol–water partition coefficient (Wildman–Crippen LogP) is 9.70. The van der Waals surface area contributed by atoms with Crippen LogP contribution >= 0.6 is 0 Å². The van der Waals surface area contributed by atoms with E-state index in [0.717, 1.165) is 12.8 Å². The maximum atomic E-state index is 2.40. The minimum absolute atomic E-state index is 0.442. The number of fused-ring (bicyclic) bond motifs is 10. The first-order valence-electron chi connectivity index (χ1n) is 13.1. The summed E-state index contributed by atoms with van der Waals surface area (Å²) in [6, 6.07) is 45.3. The van der Waals surface area contributed by atoms with Crippen LogP contribution in [-0.2, 0) is 0 Å². The molecular formula is C36H26. The summed E-state index contributed by atoms with van der Waals surface area (Å²) < 4.78 is 0. The Morgan fingerprint density at radius 2 is 0.778 bits per heavy atom. The van der Waals surface area contributed by atoms with Gasteiger partial charge in [-0.15, -0.1) is 0 Å². The van der Waals surface area contributed by atoms with Crippen LogP contribution in [0.4, 0.5) is 0 Å². The molecular weight excluding hydrogens is 432 g/mol. The number of hydrogen-bond acceptors (Lipinski definition) is 0. The SMILES string of the molecule is c1ccc2c(c1)-c1c(ccc3ccccc13)C2CCC1c2ccccc2-c2c1ccc1ccccc21. The Morgan fingerprint density at radius 1 is 0.361 bits per heavy atom. The average Bonchev–Trinajstić information content (AvgIpc) is 3.44. The first-order chi connectivity index (χ1) is 17.9. The van der Waals surface area contributed by atoms with Crippen LogP contribution in [-0.4, -0.2) is 0 Å². The summed E-state index contributed by atoms with van der Waals surface area (Å²) in [6.07, 6.45) is 2.29. The van der Waals surface area contributed by atoms with Crippen LogP contribution in [0, 0.1) is 0 Å². The van der Waals surface area contributed by atoms with Gasteiger partial charge in [0.2, 0.25) is 0 Å². The van der Waals surface area contributed by atoms with E-state index in [4.69, 9.17) is 0 Å². The first-order valence-corrected chi connectivity index (χ1v) is 13.1. The highest BCUT2D eigenvalue weighted by Gasteiger charge is 2.33. The normalized spacial score (nSPS) is 17.1. The van der Waals surface area contributed by atoms with Gasteiger partial charge in [-0.05, 0) is 78.9 Å². The van der Waals surface area contributed by atoms with Crippen molar-refractivity contribution < 1.29 is 0 Å². The van der Waals surface area contributed by atoms with Gasteiger partial charge in [-0.3, -0.25) is 0 Å². The van der Waals surface area contributed by atoms with Gasteiger partial charge in [0.05, 0.1) is 0 Å². The van der Waals surface area contributed by atoms with Crippen molar-refractivity contribution in [2.75, 3.05) is 0 Å². The lowest BCUT2D eigenvalue weighted by molar-refractivity contribution is 0.626. The van der Waals surface area contributed by atoms with Gasteiger partial charge in [0.1, 0.15) is 0 Å². The zero-order chi connectivity index (χ0) is 23.6. The second-order valence-corrected chi connectivity index (χ2v) is 10.4. The van der Waals surface area contributed by atoms with Crippen molar-refractivity contribution in [2.24, 2.45) is 0 Å². The Balaban J connectivity index is 1.24. The quantitative estimate of drug-likeness (QED) is 0.248. The van der Waals surface area contributed by atoms with Crippen molar-refractivity contribution >= 4 is 21.5 Å². The smallest absolute Gasteiger partial charge is 0.0102 e. The third kappa shape index (κ3) is 2.76. The molecule has 2 aliphatic rings. The van der Waals surface area contributed by atoms with E-state index in [-0.39, 0.29) is 0 Å². The Morgan fingerprint density at radius 3 is 1.28 bits per heavy atom. The van der Waals surface area contributed by atoms with E-state index in [9.17, 15) is 0 Å². The highest BCUT2D eigenvalue weighted by Crippen LogP contribution is 2.53. The fourth-order valence-electron chi connectivity index (χ4n) is 7.11. The summed E-state index contributed by atoms with van der Waals surface area (Å²) >= 11 is 0. The van der Waals surface area contributed by atoms with E-state index in [1.54, 1.807) is 0 Å². The average molecular weight is 459 g/mol. The molecule has 6 aromatic carbocycles. The van der Waals surface area contributed by atoms with E-state index in [1.807, 2.05) is 0 Å². The summed E-state index contributed by atoms with van der Waals surface area (Å²) in [5, 5.41) is 5.43. The Bertz CT molecular complexity index is 1670. The van der Waals surface area contributed by atoms with Crippen molar-refractivity contribution in [3.05, 3.63) is 144 Å². The van der Waals surface area contributed by atoms with Crippen molar-refractivity contribution in [3.8, 4) is 22.3 Å². The molecule has 2 aliphatic carbocycles. The van der Waals surface area contributed by atoms with Gasteiger partial charge >= 0.3 is 0 Å². The Kier molecular flexibility index (Phi) is 4.28. The summed E-state index contributed by atoms with van der Waals surface area (Å²) in [5.41, 5.74) is 11.7. The largest absolute Gasteiger partial charge is 0.0619 e. The van der Waals surface area contributed by atoms with Crippen LogP contribution in [0.5, 0.6) is 0 Å². The Labute approximate surface area is 211 Å². The lowest BCUT2D eigenvalue weighted by Crippen LogP contribution is -2.03. The van der Waals surface area contributed by atoms with Crippen molar-refractivity contribution in [1.82, 2.24) is 0 Å². The topological polar surface area (TPSA) is 0 Å². The fraction of sp³-hybridized carbons (Fsp3) is 0.111. The standard InChI is InChI=1S/C36H26/c1-3-11-25-23(9-1)17-19-33-29(27-13-5-7-15-31(27)35(25)33)21-22-30-28-14-6-8-16-32(28)36-26-12-4-2-10-24(26)18-20-34(30)36/h1-20,29-30H,21-22H2. The minimum Gasteiger partial charge on any atom is -0.0619 e. The molecule has 0 bridgehead atoms. The lowest BCUT2D eigenvalue weighted by Gasteiger charge is -2.19. The number of benzene rings is 6. The van der Waals surface area contributed by atoms with Crippen LogP contribution < -0.4 is 0 Å². The van der Waals surface area contributed by atoms with Crippen molar-refractivity contribution in [3.63, 3.8) is 0 Å². The Hall–Kier alpha value is -4.16. The van der Waals surface area contributed by atoms with E-state index in [1.165, 1.54) is 66.1 Å². The summed E-state index contributed by atoms with van der Waals surface area (Å²) in [4.78, 5) is 0. The third-order valence-electron chi connectivity index (χ3n) is 8.63. The number of hydrogen-bond donors (Lipinski definition) is 0. The molecule has 0 heterocycles. The molecule has 0 N–H and O–H groups in total. The molecule has 0 aromatic heterocycles. The molecule has 0 amide bonds. The molecule has 0 saturated heterocycles. The zero-order valence-corrected chi connectivity index (χ0v) is 20.1. The van der Waals surface area contributed by atoms with Crippen LogP contribution in [0.15, 0.2) is 121 Å². The second-order valence-electron chi connectivity index (χ2n) is 10.4. The zero-order valence-electron chi connectivity index (χ0n) is 20.1. The van der Waals surface area contributed by atoms with Gasteiger partial charge in [-0.2, -0.15) is 0 Å². The summed E-state index contributed by atoms with van der Waals surface area (Å²) in [7, 11) is 0. The predicted molar refractivity (Wildman–Crippen MR) is 152 cm³/mol. The highest BCUT2D eigenvalue weighted by atomic mass is 14.4. The molecule has 2 atom stereocenters. The van der Waals surface area contributed by atoms with Gasteiger partial charge in [-0.1, -0.05) is 121 Å². The van der Waals surface area contributed by atoms with E-state index in [0.29, 0.717) is 11.8 Å². The summed E-state index contributed by atoms with van der Waals surface area (Å²) in [6.45, 7) is 0. The molecule has 0 nitrogen and oxygen atoms in total. The van der Waals surface area contributed by atoms with Crippen molar-refractivity contribution in [1.29, 1.82) is 0 Å². The van der Waals surface area contributed by atoms with Crippen LogP contribution in [0.25, 0.3) is 43.8 Å². The molecule has 2 unspecified atom stereocenters. The number of rotatable bonds is 3. The molecule has 36 heavy (non-hydrogen) atoms. The molecule has 8 rings (SSSR count). The molecule has 6 aromatic rings. The lowest BCUT2D eigenvalue weighted by atomic mass is 9.84. The van der Waals surface area contributed by atoms with Gasteiger partial charge < -0.3 is 0 Å². The van der Waals surface area contributed by atoms with Gasteiger partial charge in [0, 0.05) is 11.8 Å². The van der Waals surface area contributed by atoms with E-state index >= 15 is 0 Å². The second kappa shape index (κ2) is 7.67. The molecule has 0 radical (unpaired) electrons. The molecule has 0 aliphatic heterocycles. The third-order valence-corrected chi connectivity index (χ3v) is 8.63. The van der Waals surface area contributed by atoms with Gasteiger partial charge in [0.25, 0.3) is 0 Å². The summed E-state index contributed by atoms with van der Waals surface area (Å²) in [5.74, 6) is 0.884. The van der Waals surface area contributed by atoms with E-state index < -0.39 is 0 Å². The van der Waals surface area contributed by atoms with Crippen LogP contribution in [0.1, 0.15) is 46.9 Å². The molecule has 0 saturated carbocycles. The van der Waals surface area contributed by atoms with Gasteiger partial charge in [0.15, 0.2) is 0 Å². The molecule has 0 fully saturated rings. The maximum Gasteiger partial charge on any atom is 0.0102 e. The van der Waals surface area contributed by atoms with Crippen molar-refractivity contribution in [2.45, 2.75) is 24.7 Å². The molecule has 170 valence electrons. The molecule has 0 heteroatoms. The van der Waals surface area contributed by atoms with E-state index in [2.05, 4.69) is 121 Å². The molecule has 0 spiro atoms. The van der Waals surface area contributed by atoms with Crippen LogP contribution in [0.2, 0.25) is 0 Å². The minimum atomic E-state index is 0.442. The monoisotopic (exact) mass is 458 g/mol. The van der Waals surface area contributed by atoms with Gasteiger partial charge in [-0.25, -0.2) is 0 Å². The first kappa shape index (κ1) is 20.1. The highest BCUT2D eigenvalue weighted by molar-refractivity contribution is 6.03.